The van der Waals surface area contributed by atoms with E-state index in [1.54, 1.807) is 16.9 Å². The van der Waals surface area contributed by atoms with Gasteiger partial charge in [-0.1, -0.05) is 19.1 Å². The number of para-hydroxylation sites is 1. The van der Waals surface area contributed by atoms with Gasteiger partial charge in [0.2, 0.25) is 11.8 Å². The van der Waals surface area contributed by atoms with Crippen molar-refractivity contribution in [1.82, 2.24) is 9.78 Å². The van der Waals surface area contributed by atoms with E-state index in [4.69, 9.17) is 0 Å². The van der Waals surface area contributed by atoms with Crippen LogP contribution < -0.4 is 10.6 Å². The van der Waals surface area contributed by atoms with E-state index in [0.717, 1.165) is 17.0 Å². The van der Waals surface area contributed by atoms with Crippen molar-refractivity contribution in [2.45, 2.75) is 42.9 Å². The van der Waals surface area contributed by atoms with E-state index >= 15 is 0 Å². The van der Waals surface area contributed by atoms with E-state index in [1.165, 1.54) is 11.8 Å². The Morgan fingerprint density at radius 1 is 1.42 bits per heavy atom. The van der Waals surface area contributed by atoms with Crippen LogP contribution in [0.4, 0.5) is 11.5 Å². The summed E-state index contributed by atoms with van der Waals surface area (Å²) >= 11 is 1.43. The lowest BCUT2D eigenvalue weighted by Crippen LogP contribution is -2.32. The van der Waals surface area contributed by atoms with Crippen molar-refractivity contribution in [2.75, 3.05) is 10.6 Å². The Morgan fingerprint density at radius 2 is 2.21 bits per heavy atom. The lowest BCUT2D eigenvalue weighted by atomic mass is 10.2. The number of amides is 2. The predicted molar refractivity (Wildman–Crippen MR) is 95.2 cm³/mol. The third-order valence-electron chi connectivity index (χ3n) is 4.02. The minimum atomic E-state index is -0.431. The van der Waals surface area contributed by atoms with Gasteiger partial charge in [0, 0.05) is 17.4 Å². The second-order valence-corrected chi connectivity index (χ2v) is 7.01. The number of anilines is 2. The molecule has 3 rings (SSSR count). The highest BCUT2D eigenvalue weighted by Crippen LogP contribution is 2.36. The zero-order valence-corrected chi connectivity index (χ0v) is 14.5. The Labute approximate surface area is 145 Å². The van der Waals surface area contributed by atoms with Crippen LogP contribution in [0, 0.1) is 0 Å². The standard InChI is InChI=1S/C17H20N4O2S/c1-3-11(2)21-15(8-9-18-21)20-16(22)10-14-17(23)19-12-6-4-5-7-13(12)24-14/h4-9,11,14H,3,10H2,1-2H3,(H,19,23)(H,20,22). The normalized spacial score (nSPS) is 17.8. The molecule has 2 atom stereocenters. The number of nitrogens with one attached hydrogen (secondary N) is 2. The molecule has 2 unspecified atom stereocenters. The van der Waals surface area contributed by atoms with E-state index in [-0.39, 0.29) is 24.3 Å². The minimum absolute atomic E-state index is 0.122. The Balaban J connectivity index is 1.66. The molecule has 1 aromatic heterocycles. The molecular formula is C17H20N4O2S. The Hall–Kier alpha value is -2.28. The average molecular weight is 344 g/mol. The molecule has 1 aliphatic rings. The van der Waals surface area contributed by atoms with Gasteiger partial charge in [-0.05, 0) is 25.5 Å². The summed E-state index contributed by atoms with van der Waals surface area (Å²) in [6.07, 6.45) is 2.71. The van der Waals surface area contributed by atoms with E-state index in [0.29, 0.717) is 5.82 Å². The van der Waals surface area contributed by atoms with Crippen molar-refractivity contribution < 1.29 is 9.59 Å². The highest BCUT2D eigenvalue weighted by molar-refractivity contribution is 8.01. The van der Waals surface area contributed by atoms with E-state index in [9.17, 15) is 9.59 Å². The summed E-state index contributed by atoms with van der Waals surface area (Å²) in [6, 6.07) is 9.58. The summed E-state index contributed by atoms with van der Waals surface area (Å²) in [5.41, 5.74) is 0.805. The zero-order valence-electron chi connectivity index (χ0n) is 13.7. The van der Waals surface area contributed by atoms with Crippen LogP contribution in [0.2, 0.25) is 0 Å². The van der Waals surface area contributed by atoms with Crippen LogP contribution in [0.5, 0.6) is 0 Å². The summed E-state index contributed by atoms with van der Waals surface area (Å²) in [5.74, 6) is 0.340. The second kappa shape index (κ2) is 7.09. The van der Waals surface area contributed by atoms with Crippen molar-refractivity contribution in [1.29, 1.82) is 0 Å². The van der Waals surface area contributed by atoms with Gasteiger partial charge < -0.3 is 10.6 Å². The highest BCUT2D eigenvalue weighted by atomic mass is 32.2. The summed E-state index contributed by atoms with van der Waals surface area (Å²) in [7, 11) is 0. The van der Waals surface area contributed by atoms with Crippen molar-refractivity contribution >= 4 is 35.1 Å². The van der Waals surface area contributed by atoms with Gasteiger partial charge >= 0.3 is 0 Å². The van der Waals surface area contributed by atoms with Gasteiger partial charge in [0.05, 0.1) is 23.2 Å². The molecule has 0 fully saturated rings. The number of hydrogen-bond acceptors (Lipinski definition) is 4. The molecule has 0 saturated carbocycles. The molecule has 0 aliphatic carbocycles. The number of benzene rings is 1. The second-order valence-electron chi connectivity index (χ2n) is 5.76. The van der Waals surface area contributed by atoms with Gasteiger partial charge in [-0.15, -0.1) is 11.8 Å². The van der Waals surface area contributed by atoms with Crippen molar-refractivity contribution in [3.8, 4) is 0 Å². The van der Waals surface area contributed by atoms with Gasteiger partial charge in [-0.25, -0.2) is 4.68 Å². The fraction of sp³-hybridized carbons (Fsp3) is 0.353. The molecule has 2 amide bonds. The third-order valence-corrected chi connectivity index (χ3v) is 5.30. The number of rotatable bonds is 5. The molecule has 2 N–H and O–H groups in total. The van der Waals surface area contributed by atoms with Gasteiger partial charge in [-0.2, -0.15) is 5.10 Å². The molecule has 1 aliphatic heterocycles. The first-order valence-electron chi connectivity index (χ1n) is 7.98. The van der Waals surface area contributed by atoms with Crippen molar-refractivity contribution in [3.63, 3.8) is 0 Å². The largest absolute Gasteiger partial charge is 0.324 e. The maximum atomic E-state index is 12.4. The van der Waals surface area contributed by atoms with Gasteiger partial charge in [0.15, 0.2) is 0 Å². The molecule has 126 valence electrons. The SMILES string of the molecule is CCC(C)n1nccc1NC(=O)CC1Sc2ccccc2NC1=O. The summed E-state index contributed by atoms with van der Waals surface area (Å²) in [4.78, 5) is 25.5. The average Bonchev–Trinajstić information content (AvgIpc) is 3.02. The summed E-state index contributed by atoms with van der Waals surface area (Å²) in [5, 5.41) is 9.54. The van der Waals surface area contributed by atoms with E-state index in [2.05, 4.69) is 22.7 Å². The highest BCUT2D eigenvalue weighted by Gasteiger charge is 2.29. The molecule has 0 bridgehead atoms. The van der Waals surface area contributed by atoms with Crippen molar-refractivity contribution in [2.24, 2.45) is 0 Å². The molecule has 0 radical (unpaired) electrons. The summed E-state index contributed by atoms with van der Waals surface area (Å²) in [6.45, 7) is 4.11. The summed E-state index contributed by atoms with van der Waals surface area (Å²) < 4.78 is 1.79. The lowest BCUT2D eigenvalue weighted by Gasteiger charge is -2.23. The molecule has 1 aromatic carbocycles. The van der Waals surface area contributed by atoms with Crippen LogP contribution in [-0.4, -0.2) is 26.8 Å². The monoisotopic (exact) mass is 344 g/mol. The molecule has 7 heteroatoms. The first kappa shape index (κ1) is 16.6. The number of carbonyl (C=O) groups is 2. The van der Waals surface area contributed by atoms with Crippen LogP contribution in [0.25, 0.3) is 0 Å². The topological polar surface area (TPSA) is 76.0 Å². The van der Waals surface area contributed by atoms with Crippen LogP contribution in [0.1, 0.15) is 32.7 Å². The Bertz CT molecular complexity index is 759. The number of aromatic nitrogens is 2. The number of hydrogen-bond donors (Lipinski definition) is 2. The van der Waals surface area contributed by atoms with Gasteiger partial charge in [-0.3, -0.25) is 9.59 Å². The molecule has 0 saturated heterocycles. The van der Waals surface area contributed by atoms with Crippen LogP contribution in [0.15, 0.2) is 41.4 Å². The molecule has 2 aromatic rings. The fourth-order valence-electron chi connectivity index (χ4n) is 2.53. The van der Waals surface area contributed by atoms with Crippen LogP contribution in [0.3, 0.4) is 0 Å². The van der Waals surface area contributed by atoms with E-state index in [1.807, 2.05) is 31.2 Å². The quantitative estimate of drug-likeness (QED) is 0.872. The minimum Gasteiger partial charge on any atom is -0.324 e. The first-order chi connectivity index (χ1) is 11.6. The molecule has 6 nitrogen and oxygen atoms in total. The Morgan fingerprint density at radius 3 is 3.00 bits per heavy atom. The van der Waals surface area contributed by atoms with E-state index < -0.39 is 5.25 Å². The molecule has 0 spiro atoms. The van der Waals surface area contributed by atoms with Crippen molar-refractivity contribution in [3.05, 3.63) is 36.5 Å². The smallest absolute Gasteiger partial charge is 0.238 e. The van der Waals surface area contributed by atoms with Gasteiger partial charge in [0.25, 0.3) is 0 Å². The predicted octanol–water partition coefficient (Wildman–Crippen LogP) is 3.30. The molecule has 2 heterocycles. The van der Waals surface area contributed by atoms with Crippen LogP contribution >= 0.6 is 11.8 Å². The molecule has 24 heavy (non-hydrogen) atoms. The number of nitrogens with zero attached hydrogens (tertiary/aromatic N) is 2. The van der Waals surface area contributed by atoms with Gasteiger partial charge in [0.1, 0.15) is 5.82 Å². The number of thioether (sulfide) groups is 1. The molecular weight excluding hydrogens is 324 g/mol. The maximum absolute atomic E-state index is 12.4. The van der Waals surface area contributed by atoms with Crippen LogP contribution in [-0.2, 0) is 9.59 Å². The first-order valence-corrected chi connectivity index (χ1v) is 8.86. The zero-order chi connectivity index (χ0) is 17.1. The lowest BCUT2D eigenvalue weighted by molar-refractivity contribution is -0.120. The number of fused-ring (bicyclic) bond motifs is 1. The number of carbonyl (C=O) groups excluding carboxylic acids is 2. The third kappa shape index (κ3) is 3.46. The fourth-order valence-corrected chi connectivity index (χ4v) is 3.64. The Kier molecular flexibility index (Phi) is 4.89. The maximum Gasteiger partial charge on any atom is 0.238 e.